The second-order valence-corrected chi connectivity index (χ2v) is 6.09. The lowest BCUT2D eigenvalue weighted by molar-refractivity contribution is 0.0696. The van der Waals surface area contributed by atoms with E-state index in [9.17, 15) is 13.2 Å². The lowest BCUT2D eigenvalue weighted by Gasteiger charge is -2.07. The van der Waals surface area contributed by atoms with Crippen LogP contribution in [0.4, 0.5) is 5.69 Å². The predicted molar refractivity (Wildman–Crippen MR) is 74.7 cm³/mol. The standard InChI is InChI=1S/C12H14N4O4S/c1-7-11(8(2)16(3)14-7)15-21(19,20)10-5-4-9(6-13-10)12(17)18/h4-6,15H,1-3H3,(H,17,18). The van der Waals surface area contributed by atoms with E-state index >= 15 is 0 Å². The van der Waals surface area contributed by atoms with Gasteiger partial charge in [-0.15, -0.1) is 0 Å². The first-order chi connectivity index (χ1) is 9.72. The largest absolute Gasteiger partial charge is 0.478 e. The van der Waals surface area contributed by atoms with Crippen molar-refractivity contribution in [2.45, 2.75) is 18.9 Å². The van der Waals surface area contributed by atoms with Gasteiger partial charge in [-0.25, -0.2) is 9.78 Å². The van der Waals surface area contributed by atoms with E-state index in [4.69, 9.17) is 5.11 Å². The molecule has 0 radical (unpaired) electrons. The fraction of sp³-hybridized carbons (Fsp3) is 0.250. The van der Waals surface area contributed by atoms with E-state index in [-0.39, 0.29) is 10.6 Å². The molecule has 2 aromatic heterocycles. The number of aromatic carboxylic acids is 1. The van der Waals surface area contributed by atoms with Crippen molar-refractivity contribution in [3.63, 3.8) is 0 Å². The quantitative estimate of drug-likeness (QED) is 0.868. The van der Waals surface area contributed by atoms with E-state index in [0.29, 0.717) is 17.1 Å². The molecular weight excluding hydrogens is 296 g/mol. The van der Waals surface area contributed by atoms with E-state index in [1.54, 1.807) is 25.6 Å². The molecule has 0 aromatic carbocycles. The van der Waals surface area contributed by atoms with Gasteiger partial charge in [-0.1, -0.05) is 0 Å². The van der Waals surface area contributed by atoms with Gasteiger partial charge in [0.1, 0.15) is 0 Å². The first-order valence-electron chi connectivity index (χ1n) is 5.94. The van der Waals surface area contributed by atoms with E-state index in [1.165, 1.54) is 6.07 Å². The summed E-state index contributed by atoms with van der Waals surface area (Å²) in [6.45, 7) is 3.42. The number of sulfonamides is 1. The molecular formula is C12H14N4O4S. The molecule has 21 heavy (non-hydrogen) atoms. The zero-order chi connectivity index (χ0) is 15.8. The van der Waals surface area contributed by atoms with Gasteiger partial charge in [0, 0.05) is 13.2 Å². The molecule has 112 valence electrons. The number of carboxylic acids is 1. The van der Waals surface area contributed by atoms with Crippen molar-refractivity contribution in [1.29, 1.82) is 0 Å². The van der Waals surface area contributed by atoms with Gasteiger partial charge in [0.2, 0.25) is 0 Å². The molecule has 0 aliphatic rings. The van der Waals surface area contributed by atoms with Gasteiger partial charge in [0.05, 0.1) is 22.6 Å². The number of carbonyl (C=O) groups is 1. The normalized spacial score (nSPS) is 11.4. The molecule has 0 saturated carbocycles. The molecule has 0 bridgehead atoms. The van der Waals surface area contributed by atoms with Crippen LogP contribution in [0, 0.1) is 13.8 Å². The minimum Gasteiger partial charge on any atom is -0.478 e. The highest BCUT2D eigenvalue weighted by molar-refractivity contribution is 7.92. The molecule has 9 heteroatoms. The van der Waals surface area contributed by atoms with Crippen LogP contribution < -0.4 is 4.72 Å². The Kier molecular flexibility index (Phi) is 3.69. The topological polar surface area (TPSA) is 114 Å². The number of pyridine rings is 1. The van der Waals surface area contributed by atoms with Gasteiger partial charge in [-0.3, -0.25) is 9.40 Å². The van der Waals surface area contributed by atoms with Crippen molar-refractivity contribution < 1.29 is 18.3 Å². The maximum atomic E-state index is 12.2. The van der Waals surface area contributed by atoms with Crippen molar-refractivity contribution >= 4 is 21.7 Å². The first-order valence-corrected chi connectivity index (χ1v) is 7.43. The van der Waals surface area contributed by atoms with Crippen LogP contribution in [0.3, 0.4) is 0 Å². The highest BCUT2D eigenvalue weighted by Crippen LogP contribution is 2.22. The maximum absolute atomic E-state index is 12.2. The molecule has 0 atom stereocenters. The van der Waals surface area contributed by atoms with E-state index in [2.05, 4.69) is 14.8 Å². The molecule has 0 spiro atoms. The number of aromatic nitrogens is 3. The van der Waals surface area contributed by atoms with Gasteiger partial charge in [0.25, 0.3) is 10.0 Å². The smallest absolute Gasteiger partial charge is 0.337 e. The number of aryl methyl sites for hydroxylation is 2. The number of hydrogen-bond acceptors (Lipinski definition) is 5. The van der Waals surface area contributed by atoms with Crippen molar-refractivity contribution in [2.24, 2.45) is 7.05 Å². The number of nitrogens with one attached hydrogen (secondary N) is 1. The Morgan fingerprint density at radius 2 is 2.00 bits per heavy atom. The van der Waals surface area contributed by atoms with Gasteiger partial charge in [0.15, 0.2) is 5.03 Å². The summed E-state index contributed by atoms with van der Waals surface area (Å²) in [7, 11) is -2.19. The molecule has 2 rings (SSSR count). The summed E-state index contributed by atoms with van der Waals surface area (Å²) in [5.41, 5.74) is 1.52. The zero-order valence-corrected chi connectivity index (χ0v) is 12.5. The van der Waals surface area contributed by atoms with Crippen molar-refractivity contribution in [1.82, 2.24) is 14.8 Å². The second kappa shape index (κ2) is 5.17. The third-order valence-corrected chi connectivity index (χ3v) is 4.27. The fourth-order valence-electron chi connectivity index (χ4n) is 1.77. The summed E-state index contributed by atoms with van der Waals surface area (Å²) in [4.78, 5) is 14.4. The summed E-state index contributed by atoms with van der Waals surface area (Å²) >= 11 is 0. The van der Waals surface area contributed by atoms with Crippen LogP contribution in [0.15, 0.2) is 23.4 Å². The Labute approximate surface area is 121 Å². The first kappa shape index (κ1) is 15.0. The Bertz CT molecular complexity index is 793. The number of nitrogens with zero attached hydrogens (tertiary/aromatic N) is 3. The van der Waals surface area contributed by atoms with Crippen LogP contribution in [0.5, 0.6) is 0 Å². The summed E-state index contributed by atoms with van der Waals surface area (Å²) in [5, 5.41) is 12.6. The van der Waals surface area contributed by atoms with Gasteiger partial charge >= 0.3 is 5.97 Å². The fourth-order valence-corrected chi connectivity index (χ4v) is 2.88. The van der Waals surface area contributed by atoms with Crippen molar-refractivity contribution in [2.75, 3.05) is 4.72 Å². The van der Waals surface area contributed by atoms with E-state index in [0.717, 1.165) is 12.3 Å². The average molecular weight is 310 g/mol. The Morgan fingerprint density at radius 3 is 2.43 bits per heavy atom. The van der Waals surface area contributed by atoms with Crippen LogP contribution in [0.25, 0.3) is 0 Å². The van der Waals surface area contributed by atoms with E-state index in [1.807, 2.05) is 0 Å². The third kappa shape index (κ3) is 2.87. The van der Waals surface area contributed by atoms with E-state index < -0.39 is 16.0 Å². The Hall–Kier alpha value is -2.42. The minimum absolute atomic E-state index is 0.0808. The van der Waals surface area contributed by atoms with Crippen molar-refractivity contribution in [3.05, 3.63) is 35.3 Å². The average Bonchev–Trinajstić information content (AvgIpc) is 2.65. The molecule has 0 aliphatic heterocycles. The van der Waals surface area contributed by atoms with Crippen molar-refractivity contribution in [3.8, 4) is 0 Å². The molecule has 0 amide bonds. The molecule has 0 fully saturated rings. The molecule has 0 aliphatic carbocycles. The number of hydrogen-bond donors (Lipinski definition) is 2. The van der Waals surface area contributed by atoms with Crippen LogP contribution in [0.2, 0.25) is 0 Å². The predicted octanol–water partition coefficient (Wildman–Crippen LogP) is 0.931. The zero-order valence-electron chi connectivity index (χ0n) is 11.7. The van der Waals surface area contributed by atoms with Gasteiger partial charge < -0.3 is 5.11 Å². The van der Waals surface area contributed by atoms with Crippen LogP contribution in [-0.2, 0) is 17.1 Å². The summed E-state index contributed by atoms with van der Waals surface area (Å²) < 4.78 is 28.5. The lowest BCUT2D eigenvalue weighted by Crippen LogP contribution is -2.16. The molecule has 0 unspecified atom stereocenters. The molecule has 0 saturated heterocycles. The number of rotatable bonds is 4. The summed E-state index contributed by atoms with van der Waals surface area (Å²) in [6.07, 6.45) is 1.000. The Morgan fingerprint density at radius 1 is 1.33 bits per heavy atom. The SMILES string of the molecule is Cc1nn(C)c(C)c1NS(=O)(=O)c1ccc(C(=O)O)cn1. The minimum atomic E-state index is -3.89. The highest BCUT2D eigenvalue weighted by Gasteiger charge is 2.20. The lowest BCUT2D eigenvalue weighted by atomic mass is 10.3. The highest BCUT2D eigenvalue weighted by atomic mass is 32.2. The molecule has 2 N–H and O–H groups in total. The van der Waals surface area contributed by atoms with Crippen LogP contribution in [0.1, 0.15) is 21.7 Å². The summed E-state index contributed by atoms with van der Waals surface area (Å²) in [6, 6.07) is 2.33. The number of anilines is 1. The number of carboxylic acid groups (broad SMARTS) is 1. The monoisotopic (exact) mass is 310 g/mol. The third-order valence-electron chi connectivity index (χ3n) is 3.00. The van der Waals surface area contributed by atoms with Crippen LogP contribution in [-0.4, -0.2) is 34.3 Å². The van der Waals surface area contributed by atoms with Gasteiger partial charge in [-0.05, 0) is 26.0 Å². The molecule has 2 aromatic rings. The molecule has 8 nitrogen and oxygen atoms in total. The summed E-state index contributed by atoms with van der Waals surface area (Å²) in [5.74, 6) is -1.17. The van der Waals surface area contributed by atoms with Gasteiger partial charge in [-0.2, -0.15) is 13.5 Å². The molecule has 2 heterocycles. The Balaban J connectivity index is 2.36. The second-order valence-electron chi connectivity index (χ2n) is 4.47. The van der Waals surface area contributed by atoms with Crippen LogP contribution >= 0.6 is 0 Å². The maximum Gasteiger partial charge on any atom is 0.337 e.